The summed E-state index contributed by atoms with van der Waals surface area (Å²) in [6, 6.07) is 10.8. The first kappa shape index (κ1) is 23.2. The van der Waals surface area contributed by atoms with Gasteiger partial charge in [0.05, 0.1) is 0 Å². The summed E-state index contributed by atoms with van der Waals surface area (Å²) < 4.78 is 39.0. The van der Waals surface area contributed by atoms with Gasteiger partial charge in [0.25, 0.3) is 10.1 Å². The zero-order valence-electron chi connectivity index (χ0n) is 17.1. The highest BCUT2D eigenvalue weighted by Gasteiger charge is 2.20. The number of rotatable bonds is 13. The molecule has 0 heterocycles. The van der Waals surface area contributed by atoms with Crippen LogP contribution in [0.2, 0.25) is 0 Å². The first-order valence-corrected chi connectivity index (χ1v) is 11.9. The fourth-order valence-corrected chi connectivity index (χ4v) is 3.99. The lowest BCUT2D eigenvalue weighted by Gasteiger charge is -2.14. The van der Waals surface area contributed by atoms with Crippen LogP contribution in [0.5, 0.6) is 17.2 Å². The van der Waals surface area contributed by atoms with Crippen molar-refractivity contribution < 1.29 is 22.8 Å². The Balaban J connectivity index is 1.99. The molecular formula is C23H32O5S. The van der Waals surface area contributed by atoms with Crippen LogP contribution in [0.4, 0.5) is 0 Å². The van der Waals surface area contributed by atoms with Gasteiger partial charge in [0, 0.05) is 0 Å². The van der Waals surface area contributed by atoms with Gasteiger partial charge in [-0.3, -0.25) is 4.55 Å². The SMILES string of the molecule is CCCCCCCCCCCc1cccc(S(=O)(=O)O)c1Oc1ccc(O)cc1. The number of hydrogen-bond acceptors (Lipinski definition) is 4. The predicted molar refractivity (Wildman–Crippen MR) is 115 cm³/mol. The number of aromatic hydroxyl groups is 1. The third-order valence-electron chi connectivity index (χ3n) is 4.94. The smallest absolute Gasteiger partial charge is 0.298 e. The summed E-state index contributed by atoms with van der Waals surface area (Å²) in [6.45, 7) is 2.22. The van der Waals surface area contributed by atoms with Gasteiger partial charge >= 0.3 is 0 Å². The highest BCUT2D eigenvalue weighted by molar-refractivity contribution is 7.86. The van der Waals surface area contributed by atoms with Crippen molar-refractivity contribution in [3.05, 3.63) is 48.0 Å². The van der Waals surface area contributed by atoms with Crippen LogP contribution in [0.15, 0.2) is 47.4 Å². The summed E-state index contributed by atoms with van der Waals surface area (Å²) in [5.74, 6) is 0.641. The molecule has 0 fully saturated rings. The van der Waals surface area contributed by atoms with E-state index in [0.29, 0.717) is 12.2 Å². The number of hydrogen-bond donors (Lipinski definition) is 2. The van der Waals surface area contributed by atoms with Crippen molar-refractivity contribution in [3.8, 4) is 17.2 Å². The second-order valence-electron chi connectivity index (χ2n) is 7.39. The average molecular weight is 421 g/mol. The molecule has 0 aliphatic rings. The summed E-state index contributed by atoms with van der Waals surface area (Å²) >= 11 is 0. The Morgan fingerprint density at radius 3 is 2.00 bits per heavy atom. The fraction of sp³-hybridized carbons (Fsp3) is 0.478. The molecule has 29 heavy (non-hydrogen) atoms. The van der Waals surface area contributed by atoms with Crippen LogP contribution in [0.3, 0.4) is 0 Å². The molecule has 0 aliphatic carbocycles. The largest absolute Gasteiger partial charge is 0.508 e. The molecule has 0 unspecified atom stereocenters. The molecular weight excluding hydrogens is 388 g/mol. The maximum Gasteiger partial charge on any atom is 0.298 e. The fourth-order valence-electron chi connectivity index (χ4n) is 3.34. The van der Waals surface area contributed by atoms with Gasteiger partial charge in [-0.15, -0.1) is 0 Å². The van der Waals surface area contributed by atoms with Gasteiger partial charge in [-0.2, -0.15) is 8.42 Å². The molecule has 0 bridgehead atoms. The van der Waals surface area contributed by atoms with E-state index in [2.05, 4.69) is 6.92 Å². The summed E-state index contributed by atoms with van der Waals surface area (Å²) in [5.41, 5.74) is 0.746. The normalized spacial score (nSPS) is 11.5. The molecule has 2 N–H and O–H groups in total. The molecule has 0 aliphatic heterocycles. The van der Waals surface area contributed by atoms with Gasteiger partial charge in [-0.25, -0.2) is 0 Å². The number of ether oxygens (including phenoxy) is 1. The van der Waals surface area contributed by atoms with Crippen molar-refractivity contribution in [3.63, 3.8) is 0 Å². The van der Waals surface area contributed by atoms with Crippen LogP contribution in [-0.4, -0.2) is 18.1 Å². The van der Waals surface area contributed by atoms with E-state index in [1.807, 2.05) is 6.07 Å². The number of aryl methyl sites for hydroxylation is 1. The Labute approximate surface area is 174 Å². The van der Waals surface area contributed by atoms with E-state index >= 15 is 0 Å². The molecule has 2 rings (SSSR count). The van der Waals surface area contributed by atoms with Crippen molar-refractivity contribution >= 4 is 10.1 Å². The Bertz CT molecular complexity index is 844. The molecule has 2 aromatic carbocycles. The first-order chi connectivity index (χ1) is 13.9. The van der Waals surface area contributed by atoms with Gasteiger partial charge in [-0.1, -0.05) is 70.4 Å². The van der Waals surface area contributed by atoms with Crippen LogP contribution in [0, 0.1) is 0 Å². The Hall–Kier alpha value is -2.05. The van der Waals surface area contributed by atoms with E-state index < -0.39 is 10.1 Å². The number of phenols is 1. The van der Waals surface area contributed by atoms with Crippen LogP contribution in [0.1, 0.15) is 70.3 Å². The van der Waals surface area contributed by atoms with E-state index in [9.17, 15) is 18.1 Å². The molecule has 0 spiro atoms. The molecule has 6 heteroatoms. The lowest BCUT2D eigenvalue weighted by molar-refractivity contribution is 0.440. The maximum atomic E-state index is 11.8. The van der Waals surface area contributed by atoms with Crippen LogP contribution < -0.4 is 4.74 Å². The Kier molecular flexibility index (Phi) is 9.48. The highest BCUT2D eigenvalue weighted by Crippen LogP contribution is 2.34. The second kappa shape index (κ2) is 11.8. The van der Waals surface area contributed by atoms with Gasteiger partial charge < -0.3 is 9.84 Å². The van der Waals surface area contributed by atoms with E-state index in [4.69, 9.17) is 4.74 Å². The lowest BCUT2D eigenvalue weighted by atomic mass is 10.0. The van der Waals surface area contributed by atoms with Crippen molar-refractivity contribution in [2.24, 2.45) is 0 Å². The minimum atomic E-state index is -4.41. The van der Waals surface area contributed by atoms with Crippen LogP contribution in [0.25, 0.3) is 0 Å². The van der Waals surface area contributed by atoms with E-state index in [0.717, 1.165) is 24.8 Å². The highest BCUT2D eigenvalue weighted by atomic mass is 32.2. The number of phenolic OH excluding ortho intramolecular Hbond substituents is 1. The minimum Gasteiger partial charge on any atom is -0.508 e. The summed E-state index contributed by atoms with van der Waals surface area (Å²) in [5, 5.41) is 9.42. The third kappa shape index (κ3) is 8.07. The van der Waals surface area contributed by atoms with E-state index in [-0.39, 0.29) is 16.4 Å². The van der Waals surface area contributed by atoms with E-state index in [1.54, 1.807) is 18.2 Å². The molecule has 0 atom stereocenters. The van der Waals surface area contributed by atoms with E-state index in [1.165, 1.54) is 56.7 Å². The standard InChI is InChI=1S/C23H32O5S/c1-2-3-4-5-6-7-8-9-10-12-19-13-11-14-22(29(25,26)27)23(19)28-21-17-15-20(24)16-18-21/h11,13-18,24H,2-10,12H2,1H3,(H,25,26,27). The molecule has 2 aromatic rings. The topological polar surface area (TPSA) is 83.8 Å². The zero-order valence-corrected chi connectivity index (χ0v) is 18.0. The monoisotopic (exact) mass is 420 g/mol. The molecule has 0 radical (unpaired) electrons. The zero-order chi connectivity index (χ0) is 21.1. The lowest BCUT2D eigenvalue weighted by Crippen LogP contribution is -2.04. The molecule has 0 saturated carbocycles. The van der Waals surface area contributed by atoms with Crippen LogP contribution >= 0.6 is 0 Å². The quantitative estimate of drug-likeness (QED) is 0.285. The predicted octanol–water partition coefficient (Wildman–Crippen LogP) is 6.50. The number of benzene rings is 2. The Morgan fingerprint density at radius 1 is 0.828 bits per heavy atom. The number of unbranched alkanes of at least 4 members (excludes halogenated alkanes) is 8. The van der Waals surface area contributed by atoms with Gasteiger partial charge in [0.1, 0.15) is 16.4 Å². The number of para-hydroxylation sites is 1. The molecule has 5 nitrogen and oxygen atoms in total. The minimum absolute atomic E-state index is 0.0929. The second-order valence-corrected chi connectivity index (χ2v) is 8.78. The summed E-state index contributed by atoms with van der Waals surface area (Å²) in [6.07, 6.45) is 11.5. The molecule has 0 amide bonds. The maximum absolute atomic E-state index is 11.8. The van der Waals surface area contributed by atoms with Crippen molar-refractivity contribution in [1.29, 1.82) is 0 Å². The summed E-state index contributed by atoms with van der Waals surface area (Å²) in [4.78, 5) is -0.237. The van der Waals surface area contributed by atoms with Crippen molar-refractivity contribution in [2.75, 3.05) is 0 Å². The third-order valence-corrected chi connectivity index (χ3v) is 5.82. The molecule has 160 valence electrons. The summed E-state index contributed by atoms with van der Waals surface area (Å²) in [7, 11) is -4.41. The first-order valence-electron chi connectivity index (χ1n) is 10.5. The van der Waals surface area contributed by atoms with Gasteiger partial charge in [0.15, 0.2) is 5.75 Å². The van der Waals surface area contributed by atoms with Gasteiger partial charge in [-0.05, 0) is 48.7 Å². The molecule has 0 aromatic heterocycles. The van der Waals surface area contributed by atoms with Crippen molar-refractivity contribution in [1.82, 2.24) is 0 Å². The Morgan fingerprint density at radius 2 is 1.41 bits per heavy atom. The van der Waals surface area contributed by atoms with Gasteiger partial charge in [0.2, 0.25) is 0 Å². The van der Waals surface area contributed by atoms with Crippen LogP contribution in [-0.2, 0) is 16.5 Å². The van der Waals surface area contributed by atoms with Crippen molar-refractivity contribution in [2.45, 2.75) is 76.0 Å². The molecule has 0 saturated heterocycles. The average Bonchev–Trinajstić information content (AvgIpc) is 2.68.